The Balaban J connectivity index is 2.47. The Hall–Kier alpha value is -1.18. The molecule has 0 bridgehead atoms. The average molecular weight is 266 g/mol. The van der Waals surface area contributed by atoms with Crippen molar-refractivity contribution in [2.75, 3.05) is 19.0 Å². The summed E-state index contributed by atoms with van der Waals surface area (Å²) in [7, 11) is 4.02. The Morgan fingerprint density at radius 3 is 1.82 bits per heavy atom. The van der Waals surface area contributed by atoms with Gasteiger partial charge in [-0.1, -0.05) is 41.4 Å². The number of benzene rings is 2. The predicted molar refractivity (Wildman–Crippen MR) is 76.2 cm³/mol. The highest BCUT2D eigenvalue weighted by atomic mass is 35.5. The molecule has 0 aliphatic carbocycles. The second-order valence-electron chi connectivity index (χ2n) is 4.04. The molecule has 0 fully saturated rings. The smallest absolute Gasteiger partial charge is 0.0499 e. The van der Waals surface area contributed by atoms with E-state index in [2.05, 4.69) is 17.0 Å². The summed E-state index contributed by atoms with van der Waals surface area (Å²) in [6.45, 7) is 0. The van der Waals surface area contributed by atoms with E-state index in [0.717, 1.165) is 16.8 Å². The zero-order valence-corrected chi connectivity index (χ0v) is 11.3. The molecule has 0 saturated carbocycles. The third-order valence-electron chi connectivity index (χ3n) is 2.64. The van der Waals surface area contributed by atoms with Crippen molar-refractivity contribution in [2.24, 2.45) is 0 Å². The topological polar surface area (TPSA) is 3.24 Å². The lowest BCUT2D eigenvalue weighted by Gasteiger charge is -2.13. The Morgan fingerprint density at radius 2 is 1.35 bits per heavy atom. The van der Waals surface area contributed by atoms with E-state index in [1.807, 2.05) is 44.4 Å². The van der Waals surface area contributed by atoms with E-state index in [1.165, 1.54) is 0 Å². The van der Waals surface area contributed by atoms with Gasteiger partial charge in [0.15, 0.2) is 0 Å². The number of nitrogens with zero attached hydrogens (tertiary/aromatic N) is 1. The summed E-state index contributed by atoms with van der Waals surface area (Å²) in [4.78, 5) is 2.05. The lowest BCUT2D eigenvalue weighted by Crippen LogP contribution is -2.07. The van der Waals surface area contributed by atoms with Crippen LogP contribution in [0.2, 0.25) is 10.0 Å². The number of hydrogen-bond acceptors (Lipinski definition) is 1. The number of rotatable bonds is 2. The molecule has 1 nitrogen and oxygen atoms in total. The van der Waals surface area contributed by atoms with Gasteiger partial charge in [0.1, 0.15) is 0 Å². The van der Waals surface area contributed by atoms with Crippen LogP contribution in [0.5, 0.6) is 0 Å². The predicted octanol–water partition coefficient (Wildman–Crippen LogP) is 4.73. The summed E-state index contributed by atoms with van der Waals surface area (Å²) in [6.07, 6.45) is 0. The van der Waals surface area contributed by atoms with Crippen LogP contribution in [0.1, 0.15) is 0 Å². The van der Waals surface area contributed by atoms with Crippen LogP contribution in [0.25, 0.3) is 11.1 Å². The van der Waals surface area contributed by atoms with Crippen molar-refractivity contribution in [3.8, 4) is 11.1 Å². The highest BCUT2D eigenvalue weighted by Crippen LogP contribution is 2.35. The maximum absolute atomic E-state index is 6.17. The Kier molecular flexibility index (Phi) is 3.60. The van der Waals surface area contributed by atoms with Gasteiger partial charge in [-0.15, -0.1) is 0 Å². The molecule has 0 N–H and O–H groups in total. The molecular weight excluding hydrogens is 253 g/mol. The zero-order chi connectivity index (χ0) is 12.4. The average Bonchev–Trinajstić information content (AvgIpc) is 2.29. The highest BCUT2D eigenvalue weighted by molar-refractivity contribution is 6.39. The largest absolute Gasteiger partial charge is 0.378 e. The molecule has 0 aliphatic rings. The van der Waals surface area contributed by atoms with Gasteiger partial charge < -0.3 is 4.90 Å². The minimum Gasteiger partial charge on any atom is -0.378 e. The van der Waals surface area contributed by atoms with Crippen LogP contribution < -0.4 is 4.90 Å². The first kappa shape index (κ1) is 12.3. The molecule has 17 heavy (non-hydrogen) atoms. The first-order chi connectivity index (χ1) is 8.09. The minimum atomic E-state index is 0.676. The molecule has 0 aromatic heterocycles. The van der Waals surface area contributed by atoms with Gasteiger partial charge in [0.05, 0.1) is 0 Å². The first-order valence-electron chi connectivity index (χ1n) is 5.31. The zero-order valence-electron chi connectivity index (χ0n) is 9.74. The van der Waals surface area contributed by atoms with Crippen molar-refractivity contribution in [1.29, 1.82) is 0 Å². The lowest BCUT2D eigenvalue weighted by molar-refractivity contribution is 1.13. The molecule has 0 saturated heterocycles. The fourth-order valence-electron chi connectivity index (χ4n) is 1.70. The van der Waals surface area contributed by atoms with Crippen LogP contribution in [0, 0.1) is 0 Å². The standard InChI is InChI=1S/C14H13Cl2N/c1-17(2)11-8-6-10(7-9-11)14-12(15)4-3-5-13(14)16/h3-9H,1-2H3. The van der Waals surface area contributed by atoms with Gasteiger partial charge in [0, 0.05) is 35.4 Å². The summed E-state index contributed by atoms with van der Waals surface area (Å²) in [5.41, 5.74) is 3.07. The van der Waals surface area contributed by atoms with Crippen molar-refractivity contribution in [1.82, 2.24) is 0 Å². The van der Waals surface area contributed by atoms with Crippen molar-refractivity contribution in [3.05, 3.63) is 52.5 Å². The Labute approximate surface area is 112 Å². The molecule has 0 unspecified atom stereocenters. The SMILES string of the molecule is CN(C)c1ccc(-c2c(Cl)cccc2Cl)cc1. The molecule has 0 spiro atoms. The van der Waals surface area contributed by atoms with Gasteiger partial charge in [-0.05, 0) is 29.8 Å². The van der Waals surface area contributed by atoms with E-state index in [0.29, 0.717) is 10.0 Å². The molecule has 0 radical (unpaired) electrons. The molecule has 3 heteroatoms. The fourth-order valence-corrected chi connectivity index (χ4v) is 2.32. The van der Waals surface area contributed by atoms with Crippen molar-refractivity contribution in [2.45, 2.75) is 0 Å². The third-order valence-corrected chi connectivity index (χ3v) is 3.27. The van der Waals surface area contributed by atoms with Gasteiger partial charge in [0.2, 0.25) is 0 Å². The van der Waals surface area contributed by atoms with Gasteiger partial charge in [-0.25, -0.2) is 0 Å². The van der Waals surface area contributed by atoms with E-state index in [9.17, 15) is 0 Å². The van der Waals surface area contributed by atoms with Gasteiger partial charge in [-0.2, -0.15) is 0 Å². The van der Waals surface area contributed by atoms with Gasteiger partial charge in [0.25, 0.3) is 0 Å². The summed E-state index contributed by atoms with van der Waals surface area (Å²) >= 11 is 12.3. The van der Waals surface area contributed by atoms with Crippen LogP contribution >= 0.6 is 23.2 Å². The minimum absolute atomic E-state index is 0.676. The maximum Gasteiger partial charge on any atom is 0.0499 e. The van der Waals surface area contributed by atoms with Gasteiger partial charge in [-0.3, -0.25) is 0 Å². The van der Waals surface area contributed by atoms with Crippen molar-refractivity contribution in [3.63, 3.8) is 0 Å². The normalized spacial score (nSPS) is 10.4. The summed E-state index contributed by atoms with van der Waals surface area (Å²) < 4.78 is 0. The monoisotopic (exact) mass is 265 g/mol. The second-order valence-corrected chi connectivity index (χ2v) is 4.85. The van der Waals surface area contributed by atoms with Crippen molar-refractivity contribution < 1.29 is 0 Å². The summed E-state index contributed by atoms with van der Waals surface area (Å²) in [5.74, 6) is 0. The van der Waals surface area contributed by atoms with E-state index in [-0.39, 0.29) is 0 Å². The fraction of sp³-hybridized carbons (Fsp3) is 0.143. The van der Waals surface area contributed by atoms with E-state index < -0.39 is 0 Å². The van der Waals surface area contributed by atoms with Gasteiger partial charge >= 0.3 is 0 Å². The lowest BCUT2D eigenvalue weighted by atomic mass is 10.1. The third kappa shape index (κ3) is 2.56. The second kappa shape index (κ2) is 4.99. The quantitative estimate of drug-likeness (QED) is 0.759. The van der Waals surface area contributed by atoms with Crippen LogP contribution in [0.3, 0.4) is 0 Å². The highest BCUT2D eigenvalue weighted by Gasteiger charge is 2.07. The molecule has 2 rings (SSSR count). The molecule has 2 aromatic rings. The van der Waals surface area contributed by atoms with Crippen molar-refractivity contribution >= 4 is 28.9 Å². The molecule has 0 heterocycles. The summed E-state index contributed by atoms with van der Waals surface area (Å²) in [6, 6.07) is 13.7. The molecule has 0 atom stereocenters. The maximum atomic E-state index is 6.17. The molecule has 0 aliphatic heterocycles. The molecular formula is C14H13Cl2N. The number of anilines is 1. The van der Waals surface area contributed by atoms with E-state index in [1.54, 1.807) is 0 Å². The van der Waals surface area contributed by atoms with E-state index in [4.69, 9.17) is 23.2 Å². The number of hydrogen-bond donors (Lipinski definition) is 0. The molecule has 2 aromatic carbocycles. The van der Waals surface area contributed by atoms with Crippen LogP contribution in [0.15, 0.2) is 42.5 Å². The Bertz CT molecular complexity index is 498. The summed E-state index contributed by atoms with van der Waals surface area (Å²) in [5, 5.41) is 1.35. The number of halogens is 2. The van der Waals surface area contributed by atoms with Crippen LogP contribution in [0.4, 0.5) is 5.69 Å². The molecule has 0 amide bonds. The van der Waals surface area contributed by atoms with Crippen LogP contribution in [-0.2, 0) is 0 Å². The van der Waals surface area contributed by atoms with Crippen LogP contribution in [-0.4, -0.2) is 14.1 Å². The Morgan fingerprint density at radius 1 is 0.824 bits per heavy atom. The molecule has 88 valence electrons. The van der Waals surface area contributed by atoms with E-state index >= 15 is 0 Å². The first-order valence-corrected chi connectivity index (χ1v) is 6.07.